The molecule has 102 valence electrons. The normalized spacial score (nSPS) is 10.9. The molecule has 0 heterocycles. The summed E-state index contributed by atoms with van der Waals surface area (Å²) in [6, 6.07) is 4.99. The summed E-state index contributed by atoms with van der Waals surface area (Å²) in [6.07, 6.45) is 3.64. The zero-order valence-corrected chi connectivity index (χ0v) is 11.6. The molecule has 0 unspecified atom stereocenters. The number of unbranched alkanes of at least 4 members (excludes halogenated alkanes) is 1. The Kier molecular flexibility index (Phi) is 6.73. The smallest absolute Gasteiger partial charge is 0.131 e. The van der Waals surface area contributed by atoms with E-state index in [2.05, 4.69) is 19.2 Å². The van der Waals surface area contributed by atoms with Crippen LogP contribution in [0.2, 0.25) is 0 Å². The van der Waals surface area contributed by atoms with Crippen LogP contribution in [0.15, 0.2) is 18.2 Å². The Morgan fingerprint density at radius 2 is 2.06 bits per heavy atom. The van der Waals surface area contributed by atoms with Gasteiger partial charge in [0, 0.05) is 18.2 Å². The molecule has 0 bridgehead atoms. The summed E-state index contributed by atoms with van der Waals surface area (Å²) < 4.78 is 18.6. The molecule has 2 nitrogen and oxygen atoms in total. The molecule has 1 aromatic carbocycles. The molecule has 0 amide bonds. The van der Waals surface area contributed by atoms with Gasteiger partial charge in [0.15, 0.2) is 0 Å². The summed E-state index contributed by atoms with van der Waals surface area (Å²) in [4.78, 5) is 0. The molecule has 1 aromatic rings. The van der Waals surface area contributed by atoms with Gasteiger partial charge in [-0.3, -0.25) is 0 Å². The lowest BCUT2D eigenvalue weighted by Crippen LogP contribution is -2.15. The van der Waals surface area contributed by atoms with Gasteiger partial charge in [-0.25, -0.2) is 4.39 Å². The number of rotatable bonds is 8. The Bertz CT molecular complexity index is 352. The first-order chi connectivity index (χ1) is 8.63. The van der Waals surface area contributed by atoms with Gasteiger partial charge >= 0.3 is 0 Å². The predicted molar refractivity (Wildman–Crippen MR) is 73.3 cm³/mol. The van der Waals surface area contributed by atoms with E-state index in [1.54, 1.807) is 19.2 Å². The number of hydrogen-bond donors (Lipinski definition) is 1. The molecule has 0 saturated heterocycles. The predicted octanol–water partition coefficient (Wildman–Crippen LogP) is 3.75. The van der Waals surface area contributed by atoms with Crippen LogP contribution >= 0.6 is 0 Å². The Hall–Kier alpha value is -1.09. The molecule has 0 radical (unpaired) electrons. The highest BCUT2D eigenvalue weighted by Gasteiger charge is 2.03. The maximum absolute atomic E-state index is 13.6. The molecule has 0 aliphatic carbocycles. The molecule has 0 fully saturated rings. The van der Waals surface area contributed by atoms with Crippen molar-refractivity contribution in [2.45, 2.75) is 39.7 Å². The molecule has 0 aliphatic heterocycles. The molecule has 0 saturated carbocycles. The minimum absolute atomic E-state index is 0.205. The lowest BCUT2D eigenvalue weighted by Gasteiger charge is -2.08. The van der Waals surface area contributed by atoms with E-state index in [4.69, 9.17) is 4.74 Å². The molecule has 0 aromatic heterocycles. The summed E-state index contributed by atoms with van der Waals surface area (Å²) >= 11 is 0. The number of halogens is 1. The zero-order valence-electron chi connectivity index (χ0n) is 11.6. The van der Waals surface area contributed by atoms with Crippen LogP contribution in [0.1, 0.15) is 38.7 Å². The van der Waals surface area contributed by atoms with Crippen molar-refractivity contribution in [3.8, 4) is 5.75 Å². The van der Waals surface area contributed by atoms with E-state index in [-0.39, 0.29) is 5.82 Å². The minimum Gasteiger partial charge on any atom is -0.497 e. The molecule has 1 N–H and O–H groups in total. The van der Waals surface area contributed by atoms with Crippen LogP contribution < -0.4 is 10.1 Å². The lowest BCUT2D eigenvalue weighted by atomic mass is 10.1. The first-order valence-electron chi connectivity index (χ1n) is 6.66. The van der Waals surface area contributed by atoms with Gasteiger partial charge in [0.25, 0.3) is 0 Å². The van der Waals surface area contributed by atoms with Crippen LogP contribution in [-0.4, -0.2) is 13.7 Å². The molecule has 0 aliphatic rings. The van der Waals surface area contributed by atoms with Crippen LogP contribution in [0.25, 0.3) is 0 Å². The second-order valence-electron chi connectivity index (χ2n) is 5.02. The summed E-state index contributed by atoms with van der Waals surface area (Å²) in [7, 11) is 1.54. The number of ether oxygens (including phenoxy) is 1. The van der Waals surface area contributed by atoms with Crippen molar-refractivity contribution in [2.24, 2.45) is 5.92 Å². The third-order valence-electron chi connectivity index (χ3n) is 2.96. The van der Waals surface area contributed by atoms with E-state index in [0.717, 1.165) is 18.9 Å². The maximum Gasteiger partial charge on any atom is 0.131 e. The van der Waals surface area contributed by atoms with Crippen molar-refractivity contribution in [2.75, 3.05) is 13.7 Å². The van der Waals surface area contributed by atoms with Crippen LogP contribution in [-0.2, 0) is 6.54 Å². The van der Waals surface area contributed by atoms with E-state index >= 15 is 0 Å². The first-order valence-corrected chi connectivity index (χ1v) is 6.66. The minimum atomic E-state index is -0.205. The van der Waals surface area contributed by atoms with Gasteiger partial charge < -0.3 is 10.1 Å². The lowest BCUT2D eigenvalue weighted by molar-refractivity contribution is 0.410. The second-order valence-corrected chi connectivity index (χ2v) is 5.02. The summed E-state index contributed by atoms with van der Waals surface area (Å²) in [6.45, 7) is 6.00. The number of benzene rings is 1. The molecule has 1 rings (SSSR count). The van der Waals surface area contributed by atoms with Gasteiger partial charge in [-0.15, -0.1) is 0 Å². The molecule has 3 heteroatoms. The van der Waals surface area contributed by atoms with Gasteiger partial charge in [-0.2, -0.15) is 0 Å². The topological polar surface area (TPSA) is 21.3 Å². The van der Waals surface area contributed by atoms with Crippen molar-refractivity contribution in [1.82, 2.24) is 5.32 Å². The van der Waals surface area contributed by atoms with Gasteiger partial charge in [0.05, 0.1) is 7.11 Å². The average molecular weight is 253 g/mol. The van der Waals surface area contributed by atoms with Crippen molar-refractivity contribution in [3.05, 3.63) is 29.6 Å². The van der Waals surface area contributed by atoms with Crippen molar-refractivity contribution in [3.63, 3.8) is 0 Å². The zero-order chi connectivity index (χ0) is 13.4. The fourth-order valence-corrected chi connectivity index (χ4v) is 1.82. The quantitative estimate of drug-likeness (QED) is 0.712. The van der Waals surface area contributed by atoms with Crippen LogP contribution in [0.3, 0.4) is 0 Å². The van der Waals surface area contributed by atoms with E-state index in [9.17, 15) is 4.39 Å². The highest BCUT2D eigenvalue weighted by atomic mass is 19.1. The van der Waals surface area contributed by atoms with Gasteiger partial charge in [0.1, 0.15) is 11.6 Å². The standard InChI is InChI=1S/C15H24FNO/c1-12(2)6-4-5-9-17-11-13-7-8-14(18-3)10-15(13)16/h7-8,10,12,17H,4-6,9,11H2,1-3H3. The van der Waals surface area contributed by atoms with E-state index < -0.39 is 0 Å². The summed E-state index contributed by atoms with van der Waals surface area (Å²) in [5.41, 5.74) is 0.694. The molecular weight excluding hydrogens is 229 g/mol. The number of hydrogen-bond acceptors (Lipinski definition) is 2. The third-order valence-corrected chi connectivity index (χ3v) is 2.96. The molecule has 0 atom stereocenters. The fourth-order valence-electron chi connectivity index (χ4n) is 1.82. The fraction of sp³-hybridized carbons (Fsp3) is 0.600. The average Bonchev–Trinajstić information content (AvgIpc) is 2.34. The van der Waals surface area contributed by atoms with Crippen molar-refractivity contribution < 1.29 is 9.13 Å². The SMILES string of the molecule is COc1ccc(CNCCCCC(C)C)c(F)c1. The van der Waals surface area contributed by atoms with Gasteiger partial charge in [0.2, 0.25) is 0 Å². The van der Waals surface area contributed by atoms with E-state index in [0.29, 0.717) is 17.9 Å². The van der Waals surface area contributed by atoms with Crippen LogP contribution in [0.5, 0.6) is 5.75 Å². The van der Waals surface area contributed by atoms with Gasteiger partial charge in [-0.1, -0.05) is 32.8 Å². The molecular formula is C15H24FNO. The summed E-state index contributed by atoms with van der Waals surface area (Å²) in [5.74, 6) is 1.13. The maximum atomic E-state index is 13.6. The third kappa shape index (κ3) is 5.50. The van der Waals surface area contributed by atoms with Crippen LogP contribution in [0.4, 0.5) is 4.39 Å². The Morgan fingerprint density at radius 1 is 1.28 bits per heavy atom. The van der Waals surface area contributed by atoms with Crippen molar-refractivity contribution >= 4 is 0 Å². The number of nitrogens with one attached hydrogen (secondary N) is 1. The first kappa shape index (κ1) is 15.0. The number of methoxy groups -OCH3 is 1. The van der Waals surface area contributed by atoms with Crippen LogP contribution in [0, 0.1) is 11.7 Å². The van der Waals surface area contributed by atoms with E-state index in [1.165, 1.54) is 18.9 Å². The Morgan fingerprint density at radius 3 is 2.67 bits per heavy atom. The highest BCUT2D eigenvalue weighted by molar-refractivity contribution is 5.28. The van der Waals surface area contributed by atoms with E-state index in [1.807, 2.05) is 0 Å². The molecule has 18 heavy (non-hydrogen) atoms. The molecule has 0 spiro atoms. The van der Waals surface area contributed by atoms with Crippen molar-refractivity contribution in [1.29, 1.82) is 0 Å². The monoisotopic (exact) mass is 253 g/mol. The second kappa shape index (κ2) is 8.09. The van der Waals surface area contributed by atoms with Gasteiger partial charge in [-0.05, 0) is 24.9 Å². The summed E-state index contributed by atoms with van der Waals surface area (Å²) in [5, 5.41) is 3.27. The highest BCUT2D eigenvalue weighted by Crippen LogP contribution is 2.16. The largest absolute Gasteiger partial charge is 0.497 e. The Balaban J connectivity index is 2.23. The Labute approximate surface area is 110 Å².